The lowest BCUT2D eigenvalue weighted by molar-refractivity contribution is -0.152. The highest BCUT2D eigenvalue weighted by atomic mass is 32.2. The van der Waals surface area contributed by atoms with Gasteiger partial charge < -0.3 is 14.6 Å². The van der Waals surface area contributed by atoms with Crippen molar-refractivity contribution >= 4 is 17.7 Å². The van der Waals surface area contributed by atoms with Crippen molar-refractivity contribution in [1.29, 1.82) is 0 Å². The van der Waals surface area contributed by atoms with Crippen LogP contribution in [-0.2, 0) is 17.6 Å². The van der Waals surface area contributed by atoms with E-state index in [-0.39, 0.29) is 12.4 Å². The molecule has 168 valence electrons. The number of carboxylic acid groups (broad SMARTS) is 1. The molecule has 0 aliphatic rings. The van der Waals surface area contributed by atoms with Crippen LogP contribution in [0, 0.1) is 0 Å². The van der Waals surface area contributed by atoms with Gasteiger partial charge in [0.15, 0.2) is 5.60 Å². The fourth-order valence-electron chi connectivity index (χ4n) is 2.63. The van der Waals surface area contributed by atoms with Crippen molar-refractivity contribution in [2.45, 2.75) is 42.0 Å². The van der Waals surface area contributed by atoms with Gasteiger partial charge in [-0.15, -0.1) is 0 Å². The zero-order valence-corrected chi connectivity index (χ0v) is 18.2. The number of alkyl halides is 3. The van der Waals surface area contributed by atoms with E-state index in [1.54, 1.807) is 12.1 Å². The molecule has 4 nitrogen and oxygen atoms in total. The maximum absolute atomic E-state index is 12.8. The summed E-state index contributed by atoms with van der Waals surface area (Å²) in [7, 11) is 0. The van der Waals surface area contributed by atoms with Gasteiger partial charge >= 0.3 is 12.1 Å². The first kappa shape index (κ1) is 23.5. The summed E-state index contributed by atoms with van der Waals surface area (Å²) in [6.45, 7) is 3.12. The van der Waals surface area contributed by atoms with Crippen molar-refractivity contribution < 1.29 is 32.5 Å². The predicted molar refractivity (Wildman–Crippen MR) is 115 cm³/mol. The first-order chi connectivity index (χ1) is 15.0. The Morgan fingerprint density at radius 2 is 1.50 bits per heavy atom. The Bertz CT molecular complexity index is 1060. The van der Waals surface area contributed by atoms with Gasteiger partial charge in [-0.25, -0.2) is 4.79 Å². The molecule has 0 atom stereocenters. The number of ether oxygens (including phenoxy) is 2. The Morgan fingerprint density at radius 1 is 0.906 bits per heavy atom. The molecule has 0 heterocycles. The molecule has 32 heavy (non-hydrogen) atoms. The van der Waals surface area contributed by atoms with Gasteiger partial charge in [-0.2, -0.15) is 13.2 Å². The lowest BCUT2D eigenvalue weighted by atomic mass is 10.1. The van der Waals surface area contributed by atoms with Gasteiger partial charge in [0.2, 0.25) is 0 Å². The topological polar surface area (TPSA) is 55.8 Å². The molecule has 0 aliphatic heterocycles. The second-order valence-corrected chi connectivity index (χ2v) is 8.60. The van der Waals surface area contributed by atoms with E-state index in [1.807, 2.05) is 36.4 Å². The number of aliphatic carboxylic acids is 1. The van der Waals surface area contributed by atoms with E-state index < -0.39 is 23.3 Å². The molecular formula is C24H21F3O4S. The normalized spacial score (nSPS) is 11.8. The minimum atomic E-state index is -4.41. The van der Waals surface area contributed by atoms with Crippen molar-refractivity contribution in [2.75, 3.05) is 0 Å². The van der Waals surface area contributed by atoms with E-state index in [4.69, 9.17) is 14.6 Å². The molecule has 0 spiro atoms. The van der Waals surface area contributed by atoms with Crippen LogP contribution in [0.15, 0.2) is 82.6 Å². The molecule has 0 saturated heterocycles. The monoisotopic (exact) mass is 462 g/mol. The Kier molecular flexibility index (Phi) is 7.03. The Hall–Kier alpha value is -3.13. The highest BCUT2D eigenvalue weighted by molar-refractivity contribution is 7.99. The van der Waals surface area contributed by atoms with Crippen LogP contribution >= 0.6 is 11.8 Å². The number of carboxylic acids is 1. The lowest BCUT2D eigenvalue weighted by Crippen LogP contribution is -2.37. The van der Waals surface area contributed by atoms with Gasteiger partial charge in [-0.05, 0) is 74.0 Å². The molecule has 0 bridgehead atoms. The van der Waals surface area contributed by atoms with E-state index in [1.165, 1.54) is 37.7 Å². The number of hydrogen-bond donors (Lipinski definition) is 1. The Morgan fingerprint density at radius 3 is 2.06 bits per heavy atom. The van der Waals surface area contributed by atoms with Crippen molar-refractivity contribution in [1.82, 2.24) is 0 Å². The number of halogens is 3. The summed E-state index contributed by atoms with van der Waals surface area (Å²) in [4.78, 5) is 13.1. The third kappa shape index (κ3) is 6.43. The summed E-state index contributed by atoms with van der Waals surface area (Å²) < 4.78 is 49.4. The van der Waals surface area contributed by atoms with Crippen LogP contribution in [0.3, 0.4) is 0 Å². The molecule has 0 unspecified atom stereocenters. The summed E-state index contributed by atoms with van der Waals surface area (Å²) in [5.41, 5.74) is -1.24. The van der Waals surface area contributed by atoms with Crippen LogP contribution in [0.25, 0.3) is 0 Å². The fourth-order valence-corrected chi connectivity index (χ4v) is 3.45. The zero-order valence-electron chi connectivity index (χ0n) is 17.3. The smallest absolute Gasteiger partial charge is 0.416 e. The number of carbonyl (C=O) groups is 1. The van der Waals surface area contributed by atoms with Crippen molar-refractivity contribution in [2.24, 2.45) is 0 Å². The minimum Gasteiger partial charge on any atom is -0.489 e. The van der Waals surface area contributed by atoms with Crippen LogP contribution in [0.5, 0.6) is 11.5 Å². The fraction of sp³-hybridized carbons (Fsp3) is 0.208. The highest BCUT2D eigenvalue weighted by Crippen LogP contribution is 2.32. The summed E-state index contributed by atoms with van der Waals surface area (Å²) in [5, 5.41) is 9.14. The summed E-state index contributed by atoms with van der Waals surface area (Å²) >= 11 is 1.51. The third-order valence-electron chi connectivity index (χ3n) is 4.44. The first-order valence-corrected chi connectivity index (χ1v) is 10.4. The van der Waals surface area contributed by atoms with Gasteiger partial charge in [-0.3, -0.25) is 0 Å². The largest absolute Gasteiger partial charge is 0.489 e. The van der Waals surface area contributed by atoms with Gasteiger partial charge in [0, 0.05) is 9.79 Å². The van der Waals surface area contributed by atoms with Crippen molar-refractivity contribution in [3.63, 3.8) is 0 Å². The van der Waals surface area contributed by atoms with Crippen molar-refractivity contribution in [3.8, 4) is 11.5 Å². The standard InChI is InChI=1S/C24H21F3O4S/c1-23(2,22(28)29)31-18-8-12-21(13-9-18)32-20-10-6-16(7-11-20)15-30-19-5-3-4-17(14-19)24(25,26)27/h3-14H,15H2,1-2H3,(H,28,29). The average Bonchev–Trinajstić information content (AvgIpc) is 2.74. The maximum Gasteiger partial charge on any atom is 0.416 e. The molecule has 8 heteroatoms. The quantitative estimate of drug-likeness (QED) is 0.405. The molecule has 3 aromatic rings. The zero-order chi connectivity index (χ0) is 23.4. The molecule has 0 aliphatic carbocycles. The van der Waals surface area contributed by atoms with Crippen LogP contribution in [0.2, 0.25) is 0 Å². The second kappa shape index (κ2) is 9.56. The van der Waals surface area contributed by atoms with Crippen LogP contribution < -0.4 is 9.47 Å². The molecule has 3 rings (SSSR count). The van der Waals surface area contributed by atoms with E-state index in [0.29, 0.717) is 5.75 Å². The van der Waals surface area contributed by atoms with Crippen LogP contribution in [0.4, 0.5) is 13.2 Å². The number of hydrogen-bond acceptors (Lipinski definition) is 4. The number of benzene rings is 3. The van der Waals surface area contributed by atoms with Gasteiger partial charge in [-0.1, -0.05) is 30.0 Å². The number of rotatable bonds is 8. The summed E-state index contributed by atoms with van der Waals surface area (Å²) in [5.74, 6) is -0.427. The molecule has 0 aromatic heterocycles. The van der Waals surface area contributed by atoms with Crippen molar-refractivity contribution in [3.05, 3.63) is 83.9 Å². The van der Waals surface area contributed by atoms with Crippen LogP contribution in [-0.4, -0.2) is 16.7 Å². The Balaban J connectivity index is 1.56. The molecule has 0 radical (unpaired) electrons. The second-order valence-electron chi connectivity index (χ2n) is 7.45. The highest BCUT2D eigenvalue weighted by Gasteiger charge is 2.30. The summed E-state index contributed by atoms with van der Waals surface area (Å²) in [6, 6.07) is 19.4. The molecule has 1 N–H and O–H groups in total. The predicted octanol–water partition coefficient (Wildman–Crippen LogP) is 6.68. The van der Waals surface area contributed by atoms with E-state index >= 15 is 0 Å². The lowest BCUT2D eigenvalue weighted by Gasteiger charge is -2.21. The minimum absolute atomic E-state index is 0.150. The maximum atomic E-state index is 12.8. The Labute approximate surface area is 188 Å². The first-order valence-electron chi connectivity index (χ1n) is 9.62. The van der Waals surface area contributed by atoms with E-state index in [2.05, 4.69) is 0 Å². The molecule has 0 amide bonds. The SMILES string of the molecule is CC(C)(Oc1ccc(Sc2ccc(COc3cccc(C(F)(F)F)c3)cc2)cc1)C(=O)O. The third-order valence-corrected chi connectivity index (χ3v) is 5.45. The molecule has 3 aromatic carbocycles. The van der Waals surface area contributed by atoms with Crippen LogP contribution in [0.1, 0.15) is 25.0 Å². The van der Waals surface area contributed by atoms with Gasteiger partial charge in [0.25, 0.3) is 0 Å². The summed E-state index contributed by atoms with van der Waals surface area (Å²) in [6.07, 6.45) is -4.41. The van der Waals surface area contributed by atoms with E-state index in [0.717, 1.165) is 27.5 Å². The van der Waals surface area contributed by atoms with E-state index in [9.17, 15) is 18.0 Å². The molecular weight excluding hydrogens is 441 g/mol. The molecule has 0 saturated carbocycles. The molecule has 0 fully saturated rings. The van der Waals surface area contributed by atoms with Gasteiger partial charge in [0.05, 0.1) is 5.56 Å². The van der Waals surface area contributed by atoms with Gasteiger partial charge in [0.1, 0.15) is 18.1 Å². The average molecular weight is 462 g/mol.